The van der Waals surface area contributed by atoms with Gasteiger partial charge in [0.15, 0.2) is 0 Å². The molecule has 0 unspecified atom stereocenters. The molecule has 0 radical (unpaired) electrons. The largest absolute Gasteiger partial charge is 0.325 e. The van der Waals surface area contributed by atoms with Gasteiger partial charge in [0.05, 0.1) is 5.69 Å². The van der Waals surface area contributed by atoms with E-state index in [2.05, 4.69) is 47.1 Å². The minimum absolute atomic E-state index is 0.404. The smallest absolute Gasteiger partial charge is 0.207 e. The number of para-hydroxylation sites is 1. The Balaban J connectivity index is 2.28. The van der Waals surface area contributed by atoms with E-state index in [9.17, 15) is 0 Å². The average molecular weight is 247 g/mol. The van der Waals surface area contributed by atoms with Gasteiger partial charge in [-0.3, -0.25) is 0 Å². The van der Waals surface area contributed by atoms with Crippen LogP contribution in [-0.4, -0.2) is 15.8 Å². The van der Waals surface area contributed by atoms with Crippen molar-refractivity contribution in [3.05, 3.63) is 36.7 Å². The molecule has 1 heterocycles. The molecule has 0 fully saturated rings. The molecule has 0 saturated heterocycles. The summed E-state index contributed by atoms with van der Waals surface area (Å²) in [6.07, 6.45) is 5.90. The molecule has 0 atom stereocenters. The van der Waals surface area contributed by atoms with Crippen LogP contribution < -0.4 is 5.32 Å². The van der Waals surface area contributed by atoms with Crippen molar-refractivity contribution in [2.24, 2.45) is 0 Å². The zero-order valence-corrected chi connectivity index (χ0v) is 11.2. The zero-order chi connectivity index (χ0) is 12.3. The van der Waals surface area contributed by atoms with E-state index in [0.29, 0.717) is 6.04 Å². The van der Waals surface area contributed by atoms with E-state index < -0.39 is 0 Å². The van der Waals surface area contributed by atoms with Crippen molar-refractivity contribution in [3.8, 4) is 0 Å². The van der Waals surface area contributed by atoms with E-state index >= 15 is 0 Å². The predicted octanol–water partition coefficient (Wildman–Crippen LogP) is 3.93. The van der Waals surface area contributed by atoms with Gasteiger partial charge < -0.3 is 9.88 Å². The summed E-state index contributed by atoms with van der Waals surface area (Å²) in [6.45, 7) is 4.29. The first-order valence-corrected chi connectivity index (χ1v) is 6.87. The molecule has 2 aromatic rings. The van der Waals surface area contributed by atoms with Crippen LogP contribution in [0.3, 0.4) is 0 Å². The highest BCUT2D eigenvalue weighted by Gasteiger charge is 2.07. The van der Waals surface area contributed by atoms with Crippen molar-refractivity contribution in [1.82, 2.24) is 9.55 Å². The van der Waals surface area contributed by atoms with E-state index in [0.717, 1.165) is 11.6 Å². The number of imidazole rings is 1. The maximum Gasteiger partial charge on any atom is 0.207 e. The van der Waals surface area contributed by atoms with E-state index in [-0.39, 0.29) is 0 Å². The van der Waals surface area contributed by atoms with Gasteiger partial charge in [-0.25, -0.2) is 4.98 Å². The molecule has 0 amide bonds. The predicted molar refractivity (Wildman–Crippen MR) is 74.1 cm³/mol. The summed E-state index contributed by atoms with van der Waals surface area (Å²) in [5, 5.41) is 3.38. The van der Waals surface area contributed by atoms with Crippen molar-refractivity contribution in [3.63, 3.8) is 0 Å². The van der Waals surface area contributed by atoms with Crippen LogP contribution in [0.2, 0.25) is 0 Å². The fourth-order valence-corrected chi connectivity index (χ4v) is 2.25. The van der Waals surface area contributed by atoms with E-state index in [1.54, 1.807) is 11.8 Å². The number of rotatable bonds is 4. The highest BCUT2D eigenvalue weighted by atomic mass is 32.2. The number of nitrogens with zero attached hydrogens (tertiary/aromatic N) is 2. The monoisotopic (exact) mass is 247 g/mol. The maximum absolute atomic E-state index is 4.35. The SMILES string of the molecule is CSc1ccccc1Nc1nccn1C(C)C. The van der Waals surface area contributed by atoms with Gasteiger partial charge in [-0.1, -0.05) is 12.1 Å². The molecular weight excluding hydrogens is 230 g/mol. The first-order chi connectivity index (χ1) is 8.22. The van der Waals surface area contributed by atoms with Crippen LogP contribution in [0.25, 0.3) is 0 Å². The Hall–Kier alpha value is -1.42. The van der Waals surface area contributed by atoms with Gasteiger partial charge in [0.1, 0.15) is 0 Å². The minimum atomic E-state index is 0.404. The Bertz CT molecular complexity index is 491. The van der Waals surface area contributed by atoms with E-state index in [1.165, 1.54) is 4.90 Å². The molecule has 1 aromatic heterocycles. The Kier molecular flexibility index (Phi) is 3.74. The standard InChI is InChI=1S/C13H17N3S/c1-10(2)16-9-8-14-13(16)15-11-6-4-5-7-12(11)17-3/h4-10H,1-3H3,(H,14,15). The number of thioether (sulfide) groups is 1. The molecule has 2 rings (SSSR count). The first-order valence-electron chi connectivity index (χ1n) is 5.65. The van der Waals surface area contributed by atoms with Crippen LogP contribution in [0.1, 0.15) is 19.9 Å². The Labute approximate surface area is 106 Å². The van der Waals surface area contributed by atoms with Crippen LogP contribution >= 0.6 is 11.8 Å². The quantitative estimate of drug-likeness (QED) is 0.830. The molecule has 0 aliphatic carbocycles. The van der Waals surface area contributed by atoms with Crippen molar-refractivity contribution >= 4 is 23.4 Å². The van der Waals surface area contributed by atoms with Crippen LogP contribution in [0.4, 0.5) is 11.6 Å². The summed E-state index contributed by atoms with van der Waals surface area (Å²) in [7, 11) is 0. The lowest BCUT2D eigenvalue weighted by molar-refractivity contribution is 0.607. The number of nitrogens with one attached hydrogen (secondary N) is 1. The molecule has 0 aliphatic rings. The summed E-state index contributed by atoms with van der Waals surface area (Å²) in [6, 6.07) is 8.67. The number of benzene rings is 1. The summed E-state index contributed by atoms with van der Waals surface area (Å²) in [4.78, 5) is 5.58. The van der Waals surface area contributed by atoms with Gasteiger partial charge in [0.2, 0.25) is 5.95 Å². The number of anilines is 2. The second kappa shape index (κ2) is 5.27. The molecule has 3 nitrogen and oxygen atoms in total. The molecule has 0 aliphatic heterocycles. The topological polar surface area (TPSA) is 29.9 Å². The van der Waals surface area contributed by atoms with Gasteiger partial charge >= 0.3 is 0 Å². The second-order valence-corrected chi connectivity index (χ2v) is 4.93. The molecule has 17 heavy (non-hydrogen) atoms. The van der Waals surface area contributed by atoms with Crippen molar-refractivity contribution in [1.29, 1.82) is 0 Å². The summed E-state index contributed by atoms with van der Waals surface area (Å²) in [5.74, 6) is 0.890. The lowest BCUT2D eigenvalue weighted by Gasteiger charge is -2.14. The zero-order valence-electron chi connectivity index (χ0n) is 10.3. The lowest BCUT2D eigenvalue weighted by Crippen LogP contribution is -2.05. The third-order valence-corrected chi connectivity index (χ3v) is 3.37. The van der Waals surface area contributed by atoms with Crippen molar-refractivity contribution < 1.29 is 0 Å². The molecule has 0 bridgehead atoms. The molecular formula is C13H17N3S. The normalized spacial score (nSPS) is 10.8. The van der Waals surface area contributed by atoms with Gasteiger partial charge in [0.25, 0.3) is 0 Å². The van der Waals surface area contributed by atoms with Gasteiger partial charge in [-0.05, 0) is 32.2 Å². The highest BCUT2D eigenvalue weighted by Crippen LogP contribution is 2.27. The molecule has 4 heteroatoms. The van der Waals surface area contributed by atoms with Crippen molar-refractivity contribution in [2.75, 3.05) is 11.6 Å². The van der Waals surface area contributed by atoms with Crippen LogP contribution in [-0.2, 0) is 0 Å². The molecule has 0 spiro atoms. The van der Waals surface area contributed by atoms with Crippen LogP contribution in [0.15, 0.2) is 41.6 Å². The van der Waals surface area contributed by atoms with Gasteiger partial charge in [0, 0.05) is 23.3 Å². The number of hydrogen-bond donors (Lipinski definition) is 1. The highest BCUT2D eigenvalue weighted by molar-refractivity contribution is 7.98. The fraction of sp³-hybridized carbons (Fsp3) is 0.308. The summed E-state index contributed by atoms with van der Waals surface area (Å²) >= 11 is 1.73. The second-order valence-electron chi connectivity index (χ2n) is 4.08. The lowest BCUT2D eigenvalue weighted by atomic mass is 10.3. The Morgan fingerprint density at radius 3 is 2.76 bits per heavy atom. The van der Waals surface area contributed by atoms with Crippen LogP contribution in [0.5, 0.6) is 0 Å². The summed E-state index contributed by atoms with van der Waals surface area (Å²) in [5.41, 5.74) is 1.10. The van der Waals surface area contributed by atoms with E-state index in [1.807, 2.05) is 24.5 Å². The van der Waals surface area contributed by atoms with Gasteiger partial charge in [-0.15, -0.1) is 11.8 Å². The molecule has 90 valence electrons. The minimum Gasteiger partial charge on any atom is -0.325 e. The third-order valence-electron chi connectivity index (χ3n) is 2.58. The number of hydrogen-bond acceptors (Lipinski definition) is 3. The average Bonchev–Trinajstić information content (AvgIpc) is 2.78. The Morgan fingerprint density at radius 2 is 2.06 bits per heavy atom. The molecule has 1 aromatic carbocycles. The molecule has 1 N–H and O–H groups in total. The maximum atomic E-state index is 4.35. The Morgan fingerprint density at radius 1 is 1.29 bits per heavy atom. The molecule has 0 saturated carbocycles. The van der Waals surface area contributed by atoms with Gasteiger partial charge in [-0.2, -0.15) is 0 Å². The van der Waals surface area contributed by atoms with Crippen LogP contribution in [0, 0.1) is 0 Å². The number of aromatic nitrogens is 2. The van der Waals surface area contributed by atoms with Crippen molar-refractivity contribution in [2.45, 2.75) is 24.8 Å². The fourth-order valence-electron chi connectivity index (χ4n) is 1.69. The van der Waals surface area contributed by atoms with E-state index in [4.69, 9.17) is 0 Å². The first kappa shape index (κ1) is 12.0. The third kappa shape index (κ3) is 2.64. The summed E-state index contributed by atoms with van der Waals surface area (Å²) < 4.78 is 2.12.